The first-order valence-corrected chi connectivity index (χ1v) is 6.98. The van der Waals surface area contributed by atoms with Crippen molar-refractivity contribution in [3.05, 3.63) is 35.4 Å². The van der Waals surface area contributed by atoms with Crippen LogP contribution in [0, 0.1) is 12.8 Å². The van der Waals surface area contributed by atoms with Crippen LogP contribution in [0.1, 0.15) is 38.3 Å². The molecular formula is C16H24N2O2. The number of hydrogen-bond acceptors (Lipinski definition) is 2. The van der Waals surface area contributed by atoms with Crippen molar-refractivity contribution < 1.29 is 9.59 Å². The summed E-state index contributed by atoms with van der Waals surface area (Å²) < 4.78 is 0. The minimum atomic E-state index is -0.971. The maximum Gasteiger partial charge on any atom is 0.243 e. The Morgan fingerprint density at radius 3 is 2.45 bits per heavy atom. The Hall–Kier alpha value is -1.84. The van der Waals surface area contributed by atoms with Crippen molar-refractivity contribution in [2.24, 2.45) is 11.7 Å². The number of carbonyl (C=O) groups is 2. The van der Waals surface area contributed by atoms with Crippen molar-refractivity contribution in [3.63, 3.8) is 0 Å². The number of aryl methyl sites for hydroxylation is 1. The van der Waals surface area contributed by atoms with Gasteiger partial charge in [0.25, 0.3) is 0 Å². The summed E-state index contributed by atoms with van der Waals surface area (Å²) in [5.41, 5.74) is 6.56. The molecule has 110 valence electrons. The zero-order valence-electron chi connectivity index (χ0n) is 12.7. The molecule has 4 nitrogen and oxygen atoms in total. The van der Waals surface area contributed by atoms with Crippen LogP contribution in [-0.2, 0) is 16.0 Å². The molecule has 0 fully saturated rings. The minimum Gasteiger partial charge on any atom is -0.368 e. The zero-order chi connectivity index (χ0) is 15.3. The van der Waals surface area contributed by atoms with Gasteiger partial charge in [-0.3, -0.25) is 9.59 Å². The topological polar surface area (TPSA) is 72.2 Å². The number of nitrogens with one attached hydrogen (secondary N) is 1. The molecule has 20 heavy (non-hydrogen) atoms. The van der Waals surface area contributed by atoms with Gasteiger partial charge in [0.2, 0.25) is 11.8 Å². The van der Waals surface area contributed by atoms with E-state index in [4.69, 9.17) is 5.73 Å². The van der Waals surface area contributed by atoms with E-state index in [1.165, 1.54) is 0 Å². The molecule has 0 bridgehead atoms. The molecule has 0 aliphatic carbocycles. The minimum absolute atomic E-state index is 0.0496. The Morgan fingerprint density at radius 2 is 2.00 bits per heavy atom. The van der Waals surface area contributed by atoms with Crippen LogP contribution in [0.5, 0.6) is 0 Å². The summed E-state index contributed by atoms with van der Waals surface area (Å²) in [5.74, 6) is -0.705. The van der Waals surface area contributed by atoms with Crippen LogP contribution in [0.3, 0.4) is 0 Å². The Bertz CT molecular complexity index is 497. The molecule has 0 spiro atoms. The van der Waals surface area contributed by atoms with Gasteiger partial charge in [-0.05, 0) is 24.8 Å². The van der Waals surface area contributed by atoms with E-state index in [2.05, 4.69) is 5.32 Å². The third-order valence-corrected chi connectivity index (χ3v) is 3.79. The van der Waals surface area contributed by atoms with E-state index in [1.54, 1.807) is 0 Å². The summed E-state index contributed by atoms with van der Waals surface area (Å²) in [5, 5.41) is 2.83. The first-order valence-electron chi connectivity index (χ1n) is 6.98. The molecule has 1 rings (SSSR count). The fraction of sp³-hybridized carbons (Fsp3) is 0.500. The summed E-state index contributed by atoms with van der Waals surface area (Å²) in [6.07, 6.45) is 0.739. The molecule has 1 atom stereocenters. The zero-order valence-corrected chi connectivity index (χ0v) is 12.7. The van der Waals surface area contributed by atoms with Gasteiger partial charge in [0.05, 0.1) is 6.42 Å². The lowest BCUT2D eigenvalue weighted by Crippen LogP contribution is -2.60. The van der Waals surface area contributed by atoms with E-state index >= 15 is 0 Å². The lowest BCUT2D eigenvalue weighted by molar-refractivity contribution is -0.133. The second-order valence-electron chi connectivity index (χ2n) is 5.56. The predicted octanol–water partition coefficient (Wildman–Crippen LogP) is 1.94. The van der Waals surface area contributed by atoms with Gasteiger partial charge in [0.1, 0.15) is 5.54 Å². The smallest absolute Gasteiger partial charge is 0.243 e. The Kier molecular flexibility index (Phi) is 5.31. The molecule has 0 radical (unpaired) electrons. The Morgan fingerprint density at radius 1 is 1.35 bits per heavy atom. The summed E-state index contributed by atoms with van der Waals surface area (Å²) in [6.45, 7) is 7.62. The van der Waals surface area contributed by atoms with Gasteiger partial charge in [0, 0.05) is 0 Å². The first-order chi connectivity index (χ1) is 9.31. The van der Waals surface area contributed by atoms with Crippen LogP contribution in [-0.4, -0.2) is 17.4 Å². The predicted molar refractivity (Wildman–Crippen MR) is 80.1 cm³/mol. The highest BCUT2D eigenvalue weighted by Crippen LogP contribution is 2.21. The van der Waals surface area contributed by atoms with E-state index in [0.717, 1.165) is 11.1 Å². The van der Waals surface area contributed by atoms with Crippen LogP contribution >= 0.6 is 0 Å². The van der Waals surface area contributed by atoms with E-state index in [-0.39, 0.29) is 18.2 Å². The van der Waals surface area contributed by atoms with E-state index in [9.17, 15) is 9.59 Å². The van der Waals surface area contributed by atoms with Gasteiger partial charge in [-0.25, -0.2) is 0 Å². The Balaban J connectivity index is 2.85. The maximum absolute atomic E-state index is 12.2. The average Bonchev–Trinajstić information content (AvgIpc) is 2.35. The van der Waals surface area contributed by atoms with Gasteiger partial charge >= 0.3 is 0 Å². The standard InChI is InChI=1S/C16H24N2O2/c1-5-16(11(2)3,15(17)20)18-14(19)10-13-8-6-7-12(4)9-13/h6-9,11H,5,10H2,1-4H3,(H2,17,20)(H,18,19). The highest BCUT2D eigenvalue weighted by atomic mass is 16.2. The largest absolute Gasteiger partial charge is 0.368 e. The highest BCUT2D eigenvalue weighted by molar-refractivity contribution is 5.91. The summed E-state index contributed by atoms with van der Waals surface area (Å²) in [4.78, 5) is 23.9. The molecule has 2 amide bonds. The first kappa shape index (κ1) is 16.2. The lowest BCUT2D eigenvalue weighted by atomic mass is 9.83. The SMILES string of the molecule is CCC(NC(=O)Cc1cccc(C)c1)(C(N)=O)C(C)C. The molecule has 0 aliphatic heterocycles. The monoisotopic (exact) mass is 276 g/mol. The van der Waals surface area contributed by atoms with E-state index < -0.39 is 11.4 Å². The van der Waals surface area contributed by atoms with Gasteiger partial charge in [0.15, 0.2) is 0 Å². The van der Waals surface area contributed by atoms with Crippen molar-refractivity contribution in [2.75, 3.05) is 0 Å². The third kappa shape index (κ3) is 3.59. The normalized spacial score (nSPS) is 13.8. The van der Waals surface area contributed by atoms with E-state index in [1.807, 2.05) is 52.0 Å². The fourth-order valence-electron chi connectivity index (χ4n) is 2.46. The van der Waals surface area contributed by atoms with Crippen LogP contribution in [0.2, 0.25) is 0 Å². The summed E-state index contributed by atoms with van der Waals surface area (Å²) in [7, 11) is 0. The third-order valence-electron chi connectivity index (χ3n) is 3.79. The molecule has 0 saturated carbocycles. The second kappa shape index (κ2) is 6.55. The van der Waals surface area contributed by atoms with Crippen LogP contribution in [0.15, 0.2) is 24.3 Å². The number of carbonyl (C=O) groups excluding carboxylic acids is 2. The lowest BCUT2D eigenvalue weighted by Gasteiger charge is -2.34. The second-order valence-corrected chi connectivity index (χ2v) is 5.56. The van der Waals surface area contributed by atoms with Crippen LogP contribution < -0.4 is 11.1 Å². The quantitative estimate of drug-likeness (QED) is 0.833. The van der Waals surface area contributed by atoms with Gasteiger partial charge in [-0.1, -0.05) is 50.6 Å². The highest BCUT2D eigenvalue weighted by Gasteiger charge is 2.39. The van der Waals surface area contributed by atoms with Crippen molar-refractivity contribution in [1.29, 1.82) is 0 Å². The Labute approximate surface area is 120 Å². The summed E-state index contributed by atoms with van der Waals surface area (Å²) in [6, 6.07) is 7.77. The number of hydrogen-bond donors (Lipinski definition) is 2. The molecule has 0 aromatic heterocycles. The van der Waals surface area contributed by atoms with Crippen molar-refractivity contribution in [1.82, 2.24) is 5.32 Å². The molecule has 1 unspecified atom stereocenters. The van der Waals surface area contributed by atoms with Crippen molar-refractivity contribution >= 4 is 11.8 Å². The van der Waals surface area contributed by atoms with E-state index in [0.29, 0.717) is 6.42 Å². The number of amides is 2. The molecule has 0 heterocycles. The van der Waals surface area contributed by atoms with Crippen LogP contribution in [0.4, 0.5) is 0 Å². The number of rotatable bonds is 6. The van der Waals surface area contributed by atoms with Gasteiger partial charge in [-0.2, -0.15) is 0 Å². The summed E-state index contributed by atoms with van der Waals surface area (Å²) >= 11 is 0. The number of nitrogens with two attached hydrogens (primary N) is 1. The maximum atomic E-state index is 12.2. The molecule has 3 N–H and O–H groups in total. The molecule has 1 aromatic rings. The molecular weight excluding hydrogens is 252 g/mol. The van der Waals surface area contributed by atoms with Crippen molar-refractivity contribution in [3.8, 4) is 0 Å². The van der Waals surface area contributed by atoms with Crippen molar-refractivity contribution in [2.45, 2.75) is 46.1 Å². The molecule has 0 aliphatic rings. The fourth-order valence-corrected chi connectivity index (χ4v) is 2.46. The number of benzene rings is 1. The van der Waals surface area contributed by atoms with Gasteiger partial charge < -0.3 is 11.1 Å². The molecule has 1 aromatic carbocycles. The van der Waals surface area contributed by atoms with Crippen LogP contribution in [0.25, 0.3) is 0 Å². The average molecular weight is 276 g/mol. The molecule has 0 saturated heterocycles. The van der Waals surface area contributed by atoms with Gasteiger partial charge in [-0.15, -0.1) is 0 Å². The number of primary amides is 1. The molecule has 4 heteroatoms.